The van der Waals surface area contributed by atoms with E-state index in [1.807, 2.05) is 11.3 Å². The number of hydrogen-bond donors (Lipinski definition) is 1. The molecule has 1 saturated carbocycles. The van der Waals surface area contributed by atoms with Gasteiger partial charge in [-0.15, -0.1) is 11.3 Å². The lowest BCUT2D eigenvalue weighted by molar-refractivity contribution is 0.537. The van der Waals surface area contributed by atoms with Crippen molar-refractivity contribution in [3.05, 3.63) is 21.9 Å². The molecule has 1 aliphatic rings. The molecule has 15 heavy (non-hydrogen) atoms. The van der Waals surface area contributed by atoms with Crippen LogP contribution in [0.2, 0.25) is 0 Å². The Kier molecular flexibility index (Phi) is 3.81. The van der Waals surface area contributed by atoms with Gasteiger partial charge in [-0.3, -0.25) is 0 Å². The fourth-order valence-electron chi connectivity index (χ4n) is 2.04. The summed E-state index contributed by atoms with van der Waals surface area (Å²) < 4.78 is 0. The SMILES string of the molecule is Cc1ccsc1C(C)NCCCC1CC1. The van der Waals surface area contributed by atoms with Gasteiger partial charge in [0, 0.05) is 10.9 Å². The van der Waals surface area contributed by atoms with Crippen molar-refractivity contribution in [2.75, 3.05) is 6.54 Å². The molecule has 0 amide bonds. The first-order valence-electron chi connectivity index (χ1n) is 6.04. The third-order valence-electron chi connectivity index (χ3n) is 3.23. The first kappa shape index (κ1) is 11.2. The number of rotatable bonds is 6. The average molecular weight is 223 g/mol. The molecule has 0 aliphatic heterocycles. The summed E-state index contributed by atoms with van der Waals surface area (Å²) >= 11 is 1.87. The highest BCUT2D eigenvalue weighted by Crippen LogP contribution is 2.33. The summed E-state index contributed by atoms with van der Waals surface area (Å²) in [7, 11) is 0. The van der Waals surface area contributed by atoms with E-state index in [9.17, 15) is 0 Å². The van der Waals surface area contributed by atoms with E-state index in [4.69, 9.17) is 0 Å². The molecule has 1 aliphatic carbocycles. The van der Waals surface area contributed by atoms with Crippen LogP contribution in [0.3, 0.4) is 0 Å². The number of aryl methyl sites for hydroxylation is 1. The molecule has 2 rings (SSSR count). The zero-order chi connectivity index (χ0) is 10.7. The van der Waals surface area contributed by atoms with Gasteiger partial charge in [0.05, 0.1) is 0 Å². The Morgan fingerprint density at radius 1 is 1.53 bits per heavy atom. The molecular weight excluding hydrogens is 202 g/mol. The van der Waals surface area contributed by atoms with Crippen molar-refractivity contribution >= 4 is 11.3 Å². The fourth-order valence-corrected chi connectivity index (χ4v) is 3.00. The van der Waals surface area contributed by atoms with E-state index >= 15 is 0 Å². The van der Waals surface area contributed by atoms with Crippen molar-refractivity contribution in [2.24, 2.45) is 5.92 Å². The number of nitrogens with one attached hydrogen (secondary N) is 1. The zero-order valence-corrected chi connectivity index (χ0v) is 10.6. The predicted molar refractivity (Wildman–Crippen MR) is 67.4 cm³/mol. The molecule has 1 aromatic rings. The molecule has 1 atom stereocenters. The van der Waals surface area contributed by atoms with Gasteiger partial charge in [0.2, 0.25) is 0 Å². The van der Waals surface area contributed by atoms with Crippen molar-refractivity contribution < 1.29 is 0 Å². The Bertz CT molecular complexity index is 301. The summed E-state index contributed by atoms with van der Waals surface area (Å²) in [6, 6.07) is 2.74. The van der Waals surface area contributed by atoms with Crippen molar-refractivity contribution in [3.63, 3.8) is 0 Å². The third-order valence-corrected chi connectivity index (χ3v) is 4.43. The van der Waals surface area contributed by atoms with Gasteiger partial charge < -0.3 is 5.32 Å². The molecule has 0 bridgehead atoms. The summed E-state index contributed by atoms with van der Waals surface area (Å²) in [4.78, 5) is 1.50. The topological polar surface area (TPSA) is 12.0 Å². The van der Waals surface area contributed by atoms with E-state index in [2.05, 4.69) is 30.6 Å². The molecular formula is C13H21NS. The fraction of sp³-hybridized carbons (Fsp3) is 0.692. The largest absolute Gasteiger partial charge is 0.309 e. The van der Waals surface area contributed by atoms with Crippen LogP contribution in [0.1, 0.15) is 49.1 Å². The molecule has 1 heterocycles. The Balaban J connectivity index is 1.67. The summed E-state index contributed by atoms with van der Waals surface area (Å²) in [6.45, 7) is 5.65. The van der Waals surface area contributed by atoms with Crippen LogP contribution < -0.4 is 5.32 Å². The van der Waals surface area contributed by atoms with E-state index in [-0.39, 0.29) is 0 Å². The minimum atomic E-state index is 0.532. The Hall–Kier alpha value is -0.340. The normalized spacial score (nSPS) is 18.0. The van der Waals surface area contributed by atoms with E-state index in [0.717, 1.165) is 5.92 Å². The molecule has 0 radical (unpaired) electrons. The van der Waals surface area contributed by atoms with Crippen molar-refractivity contribution in [2.45, 2.75) is 45.6 Å². The third kappa shape index (κ3) is 3.32. The highest BCUT2D eigenvalue weighted by atomic mass is 32.1. The Morgan fingerprint density at radius 3 is 2.93 bits per heavy atom. The first-order chi connectivity index (χ1) is 7.27. The van der Waals surface area contributed by atoms with Crippen LogP contribution in [0, 0.1) is 12.8 Å². The van der Waals surface area contributed by atoms with E-state index in [0.29, 0.717) is 6.04 Å². The van der Waals surface area contributed by atoms with Crippen molar-refractivity contribution in [3.8, 4) is 0 Å². The highest BCUT2D eigenvalue weighted by Gasteiger charge is 2.20. The molecule has 2 heteroatoms. The minimum absolute atomic E-state index is 0.532. The monoisotopic (exact) mass is 223 g/mol. The van der Waals surface area contributed by atoms with E-state index < -0.39 is 0 Å². The summed E-state index contributed by atoms with van der Waals surface area (Å²) in [5.41, 5.74) is 1.43. The second-order valence-electron chi connectivity index (χ2n) is 4.73. The smallest absolute Gasteiger partial charge is 0.0388 e. The average Bonchev–Trinajstić information content (AvgIpc) is 2.94. The first-order valence-corrected chi connectivity index (χ1v) is 6.92. The van der Waals surface area contributed by atoms with Gasteiger partial charge in [-0.2, -0.15) is 0 Å². The molecule has 84 valence electrons. The van der Waals surface area contributed by atoms with Crippen LogP contribution in [-0.2, 0) is 0 Å². The van der Waals surface area contributed by atoms with E-state index in [1.165, 1.54) is 42.7 Å². The maximum Gasteiger partial charge on any atom is 0.0388 e. The quantitative estimate of drug-likeness (QED) is 0.721. The van der Waals surface area contributed by atoms with Gasteiger partial charge in [-0.1, -0.05) is 12.8 Å². The molecule has 1 nitrogen and oxygen atoms in total. The summed E-state index contributed by atoms with van der Waals surface area (Å²) in [6.07, 6.45) is 5.75. The predicted octanol–water partition coefficient (Wildman–Crippen LogP) is 3.90. The van der Waals surface area contributed by atoms with Gasteiger partial charge >= 0.3 is 0 Å². The number of thiophene rings is 1. The lowest BCUT2D eigenvalue weighted by atomic mass is 10.1. The van der Waals surface area contributed by atoms with Gasteiger partial charge in [-0.05, 0) is 56.2 Å². The highest BCUT2D eigenvalue weighted by molar-refractivity contribution is 7.10. The molecule has 1 N–H and O–H groups in total. The van der Waals surface area contributed by atoms with Crippen LogP contribution in [-0.4, -0.2) is 6.54 Å². The molecule has 1 fully saturated rings. The van der Waals surface area contributed by atoms with E-state index in [1.54, 1.807) is 0 Å². The van der Waals surface area contributed by atoms with Gasteiger partial charge in [0.25, 0.3) is 0 Å². The van der Waals surface area contributed by atoms with Gasteiger partial charge in [0.15, 0.2) is 0 Å². The molecule has 0 spiro atoms. The Morgan fingerprint density at radius 2 is 2.33 bits per heavy atom. The van der Waals surface area contributed by atoms with Crippen LogP contribution in [0.15, 0.2) is 11.4 Å². The van der Waals surface area contributed by atoms with Crippen LogP contribution in [0.5, 0.6) is 0 Å². The van der Waals surface area contributed by atoms with Crippen LogP contribution in [0.25, 0.3) is 0 Å². The van der Waals surface area contributed by atoms with Gasteiger partial charge in [-0.25, -0.2) is 0 Å². The standard InChI is InChI=1S/C13H21NS/c1-10-7-9-15-13(10)11(2)14-8-3-4-12-5-6-12/h7,9,11-12,14H,3-6,8H2,1-2H3. The van der Waals surface area contributed by atoms with Crippen molar-refractivity contribution in [1.29, 1.82) is 0 Å². The maximum absolute atomic E-state index is 3.62. The second-order valence-corrected chi connectivity index (χ2v) is 5.68. The number of hydrogen-bond acceptors (Lipinski definition) is 2. The molecule has 1 aromatic heterocycles. The van der Waals surface area contributed by atoms with Crippen LogP contribution >= 0.6 is 11.3 Å². The van der Waals surface area contributed by atoms with Crippen LogP contribution in [0.4, 0.5) is 0 Å². The van der Waals surface area contributed by atoms with Gasteiger partial charge in [0.1, 0.15) is 0 Å². The molecule has 1 unspecified atom stereocenters. The summed E-state index contributed by atoms with van der Waals surface area (Å²) in [5.74, 6) is 1.07. The summed E-state index contributed by atoms with van der Waals surface area (Å²) in [5, 5.41) is 5.81. The minimum Gasteiger partial charge on any atom is -0.309 e. The second kappa shape index (κ2) is 5.13. The molecule has 0 saturated heterocycles. The lowest BCUT2D eigenvalue weighted by Crippen LogP contribution is -2.19. The molecule has 0 aromatic carbocycles. The lowest BCUT2D eigenvalue weighted by Gasteiger charge is -2.13. The maximum atomic E-state index is 3.62. The Labute approximate surface area is 96.9 Å². The van der Waals surface area contributed by atoms with Crippen molar-refractivity contribution in [1.82, 2.24) is 5.32 Å². The zero-order valence-electron chi connectivity index (χ0n) is 9.75.